The Morgan fingerprint density at radius 1 is 1.58 bits per heavy atom. The van der Waals surface area contributed by atoms with Crippen LogP contribution in [0, 0.1) is 0 Å². The molecule has 0 atom stereocenters. The first-order valence-electron chi connectivity index (χ1n) is 5.17. The molecule has 0 unspecified atom stereocenters. The molecule has 102 valence electrons. The van der Waals surface area contributed by atoms with E-state index in [9.17, 15) is 13.2 Å². The van der Waals surface area contributed by atoms with Crippen LogP contribution >= 0.6 is 11.3 Å². The van der Waals surface area contributed by atoms with Gasteiger partial charge in [-0.15, -0.1) is 11.3 Å². The molecule has 0 saturated heterocycles. The van der Waals surface area contributed by atoms with Crippen molar-refractivity contribution < 1.29 is 18.3 Å². The molecular weight excluding hydrogens is 290 g/mol. The summed E-state index contributed by atoms with van der Waals surface area (Å²) >= 11 is 0.875. The Hall–Kier alpha value is -1.71. The molecule has 19 heavy (non-hydrogen) atoms. The first-order valence-corrected chi connectivity index (χ1v) is 7.54. The first kappa shape index (κ1) is 13.7. The Kier molecular flexibility index (Phi) is 3.69. The number of thiophene rings is 1. The lowest BCUT2D eigenvalue weighted by Gasteiger charge is -2.02. The van der Waals surface area contributed by atoms with Crippen molar-refractivity contribution in [3.63, 3.8) is 0 Å². The molecule has 0 aromatic carbocycles. The number of sulfonamides is 1. The fourth-order valence-electron chi connectivity index (χ4n) is 1.40. The van der Waals surface area contributed by atoms with Crippen molar-refractivity contribution in [1.82, 2.24) is 14.5 Å². The minimum atomic E-state index is -3.70. The summed E-state index contributed by atoms with van der Waals surface area (Å²) in [5.41, 5.74) is 0.722. The third-order valence-electron chi connectivity index (χ3n) is 2.32. The van der Waals surface area contributed by atoms with Crippen LogP contribution in [0.25, 0.3) is 0 Å². The van der Waals surface area contributed by atoms with Crippen molar-refractivity contribution >= 4 is 27.3 Å². The number of aryl methyl sites for hydroxylation is 1. The van der Waals surface area contributed by atoms with Crippen LogP contribution < -0.4 is 4.72 Å². The molecule has 0 amide bonds. The third kappa shape index (κ3) is 3.19. The fraction of sp³-hybridized carbons (Fsp3) is 0.200. The van der Waals surface area contributed by atoms with Crippen molar-refractivity contribution in [2.45, 2.75) is 11.4 Å². The minimum absolute atomic E-state index is 0.0123. The van der Waals surface area contributed by atoms with Crippen LogP contribution in [0.2, 0.25) is 0 Å². The van der Waals surface area contributed by atoms with Crippen LogP contribution in [-0.4, -0.2) is 29.3 Å². The molecule has 0 spiro atoms. The highest BCUT2D eigenvalue weighted by molar-refractivity contribution is 7.89. The van der Waals surface area contributed by atoms with E-state index in [1.807, 2.05) is 0 Å². The molecule has 0 aliphatic rings. The minimum Gasteiger partial charge on any atom is -0.477 e. The number of hydrogen-bond acceptors (Lipinski definition) is 5. The van der Waals surface area contributed by atoms with Crippen molar-refractivity contribution in [1.29, 1.82) is 0 Å². The predicted octanol–water partition coefficient (Wildman–Crippen LogP) is 0.658. The van der Waals surface area contributed by atoms with Gasteiger partial charge in [-0.3, -0.25) is 4.68 Å². The van der Waals surface area contributed by atoms with Crippen LogP contribution in [0.15, 0.2) is 28.7 Å². The van der Waals surface area contributed by atoms with Crippen molar-refractivity contribution in [3.8, 4) is 0 Å². The molecular formula is C10H11N3O4S2. The average molecular weight is 301 g/mol. The molecule has 2 aromatic heterocycles. The maximum Gasteiger partial charge on any atom is 0.345 e. The number of rotatable bonds is 5. The monoisotopic (exact) mass is 301 g/mol. The van der Waals surface area contributed by atoms with E-state index in [4.69, 9.17) is 5.11 Å². The molecule has 7 nitrogen and oxygen atoms in total. The zero-order valence-corrected chi connectivity index (χ0v) is 11.5. The summed E-state index contributed by atoms with van der Waals surface area (Å²) < 4.78 is 27.8. The van der Waals surface area contributed by atoms with Gasteiger partial charge in [-0.25, -0.2) is 17.9 Å². The quantitative estimate of drug-likeness (QED) is 0.844. The molecule has 0 aliphatic heterocycles. The van der Waals surface area contributed by atoms with E-state index in [0.717, 1.165) is 23.0 Å². The molecule has 2 aromatic rings. The van der Waals surface area contributed by atoms with Gasteiger partial charge in [0.05, 0.1) is 11.1 Å². The van der Waals surface area contributed by atoms with Crippen molar-refractivity contribution in [2.75, 3.05) is 0 Å². The van der Waals surface area contributed by atoms with Gasteiger partial charge < -0.3 is 5.11 Å². The highest BCUT2D eigenvalue weighted by Gasteiger charge is 2.18. The summed E-state index contributed by atoms with van der Waals surface area (Å²) in [6.07, 6.45) is 3.25. The standard InChI is InChI=1S/C10H11N3O4S2/c1-13-5-7(3-11-13)4-12-19(16,17)8-2-9(10(14)15)18-6-8/h2-3,5-6,12H,4H2,1H3,(H,14,15). The molecule has 0 aliphatic carbocycles. The van der Waals surface area contributed by atoms with E-state index >= 15 is 0 Å². The van der Waals surface area contributed by atoms with Crippen LogP contribution in [0.5, 0.6) is 0 Å². The molecule has 0 bridgehead atoms. The largest absolute Gasteiger partial charge is 0.477 e. The Morgan fingerprint density at radius 3 is 2.84 bits per heavy atom. The Morgan fingerprint density at radius 2 is 2.32 bits per heavy atom. The molecule has 0 radical (unpaired) electrons. The highest BCUT2D eigenvalue weighted by atomic mass is 32.2. The van der Waals surface area contributed by atoms with Gasteiger partial charge in [0.15, 0.2) is 0 Å². The number of carboxylic acids is 1. The van der Waals surface area contributed by atoms with Crippen LogP contribution in [0.1, 0.15) is 15.2 Å². The summed E-state index contributed by atoms with van der Waals surface area (Å²) in [7, 11) is -1.97. The SMILES string of the molecule is Cn1cc(CNS(=O)(=O)c2csc(C(=O)O)c2)cn1. The maximum absolute atomic E-state index is 11.9. The van der Waals surface area contributed by atoms with Crippen LogP contribution in [0.3, 0.4) is 0 Å². The zero-order valence-electron chi connectivity index (χ0n) is 9.90. The van der Waals surface area contributed by atoms with E-state index < -0.39 is 16.0 Å². The molecule has 2 rings (SSSR count). The van der Waals surface area contributed by atoms with E-state index in [2.05, 4.69) is 9.82 Å². The lowest BCUT2D eigenvalue weighted by Crippen LogP contribution is -2.22. The van der Waals surface area contributed by atoms with Crippen LogP contribution in [0.4, 0.5) is 0 Å². The van der Waals surface area contributed by atoms with Crippen molar-refractivity contribution in [3.05, 3.63) is 34.3 Å². The fourth-order valence-corrected chi connectivity index (χ4v) is 3.53. The summed E-state index contributed by atoms with van der Waals surface area (Å²) in [6, 6.07) is 1.14. The van der Waals surface area contributed by atoms with E-state index in [1.54, 1.807) is 24.1 Å². The summed E-state index contributed by atoms with van der Waals surface area (Å²) in [4.78, 5) is 10.7. The second-order valence-corrected chi connectivity index (χ2v) is 6.48. The smallest absolute Gasteiger partial charge is 0.345 e. The normalized spacial score (nSPS) is 11.6. The number of nitrogens with one attached hydrogen (secondary N) is 1. The topological polar surface area (TPSA) is 101 Å². The Labute approximate surface area is 113 Å². The molecule has 2 heterocycles. The van der Waals surface area contributed by atoms with Gasteiger partial charge in [-0.2, -0.15) is 5.10 Å². The van der Waals surface area contributed by atoms with Gasteiger partial charge >= 0.3 is 5.97 Å². The number of aromatic carboxylic acids is 1. The van der Waals surface area contributed by atoms with Gasteiger partial charge in [0, 0.05) is 30.7 Å². The number of nitrogens with zero attached hydrogens (tertiary/aromatic N) is 2. The number of carbonyl (C=O) groups is 1. The van der Waals surface area contributed by atoms with Gasteiger partial charge in [0.25, 0.3) is 0 Å². The summed E-state index contributed by atoms with van der Waals surface area (Å²) in [5, 5.41) is 14.0. The molecule has 9 heteroatoms. The van der Waals surface area contributed by atoms with E-state index in [0.29, 0.717) is 0 Å². The van der Waals surface area contributed by atoms with Gasteiger partial charge in [0.1, 0.15) is 4.88 Å². The molecule has 0 saturated carbocycles. The average Bonchev–Trinajstić information content (AvgIpc) is 2.95. The summed E-state index contributed by atoms with van der Waals surface area (Å²) in [5.74, 6) is -1.14. The molecule has 0 fully saturated rings. The van der Waals surface area contributed by atoms with Gasteiger partial charge in [-0.05, 0) is 6.07 Å². The second kappa shape index (κ2) is 5.11. The van der Waals surface area contributed by atoms with E-state index in [-0.39, 0.29) is 16.3 Å². The zero-order chi connectivity index (χ0) is 14.0. The third-order valence-corrected chi connectivity index (χ3v) is 4.77. The second-order valence-electron chi connectivity index (χ2n) is 3.80. The number of hydrogen-bond donors (Lipinski definition) is 2. The van der Waals surface area contributed by atoms with Gasteiger partial charge in [0.2, 0.25) is 10.0 Å². The molecule has 2 N–H and O–H groups in total. The number of carboxylic acid groups (broad SMARTS) is 1. The highest BCUT2D eigenvalue weighted by Crippen LogP contribution is 2.19. The maximum atomic E-state index is 11.9. The summed E-state index contributed by atoms with van der Waals surface area (Å²) in [6.45, 7) is 0.106. The number of aromatic nitrogens is 2. The van der Waals surface area contributed by atoms with Crippen LogP contribution in [-0.2, 0) is 23.6 Å². The lowest BCUT2D eigenvalue weighted by molar-refractivity contribution is 0.0702. The Bertz CT molecular complexity index is 702. The first-order chi connectivity index (χ1) is 8.88. The predicted molar refractivity (Wildman–Crippen MR) is 68.5 cm³/mol. The van der Waals surface area contributed by atoms with Crippen molar-refractivity contribution in [2.24, 2.45) is 7.05 Å². The van der Waals surface area contributed by atoms with E-state index in [1.165, 1.54) is 5.38 Å². The Balaban J connectivity index is 2.11. The lowest BCUT2D eigenvalue weighted by atomic mass is 10.4. The van der Waals surface area contributed by atoms with Gasteiger partial charge in [-0.1, -0.05) is 0 Å².